The highest BCUT2D eigenvalue weighted by atomic mass is 16.5. The van der Waals surface area contributed by atoms with Gasteiger partial charge in [0.1, 0.15) is 18.3 Å². The molecule has 1 N–H and O–H groups in total. The van der Waals surface area contributed by atoms with Crippen molar-refractivity contribution in [2.75, 3.05) is 20.3 Å². The van der Waals surface area contributed by atoms with E-state index >= 15 is 0 Å². The molecule has 0 saturated heterocycles. The molecule has 0 bridgehead atoms. The second-order valence-corrected chi connectivity index (χ2v) is 4.32. The standard InChI is InChI=1S/C12H16N4O4/c1-8-10-11(20-15-8)14-7-16(12(10)18)6-9(17)13-4-3-5-19-2/h7H,3-6H2,1-2H3,(H,13,17). The monoisotopic (exact) mass is 280 g/mol. The molecule has 0 radical (unpaired) electrons. The van der Waals surface area contributed by atoms with Crippen LogP contribution in [0.2, 0.25) is 0 Å². The molecule has 20 heavy (non-hydrogen) atoms. The van der Waals surface area contributed by atoms with Crippen molar-refractivity contribution in [3.63, 3.8) is 0 Å². The van der Waals surface area contributed by atoms with Crippen molar-refractivity contribution in [2.45, 2.75) is 19.9 Å². The summed E-state index contributed by atoms with van der Waals surface area (Å²) < 4.78 is 11.0. The molecule has 0 aromatic carbocycles. The number of amides is 1. The Hall–Kier alpha value is -2.22. The van der Waals surface area contributed by atoms with Gasteiger partial charge in [0, 0.05) is 20.3 Å². The first-order valence-electron chi connectivity index (χ1n) is 6.20. The van der Waals surface area contributed by atoms with Crippen molar-refractivity contribution >= 4 is 17.0 Å². The van der Waals surface area contributed by atoms with Gasteiger partial charge in [-0.25, -0.2) is 4.98 Å². The van der Waals surface area contributed by atoms with E-state index in [2.05, 4.69) is 15.5 Å². The zero-order chi connectivity index (χ0) is 14.5. The highest BCUT2D eigenvalue weighted by Gasteiger charge is 2.13. The number of rotatable bonds is 6. The van der Waals surface area contributed by atoms with E-state index in [-0.39, 0.29) is 23.7 Å². The molecule has 2 rings (SSSR count). The van der Waals surface area contributed by atoms with Crippen LogP contribution in [-0.4, -0.2) is 40.9 Å². The Morgan fingerprint density at radius 1 is 1.55 bits per heavy atom. The van der Waals surface area contributed by atoms with E-state index < -0.39 is 0 Å². The minimum Gasteiger partial charge on any atom is -0.385 e. The topological polar surface area (TPSA) is 99.2 Å². The van der Waals surface area contributed by atoms with Crippen LogP contribution in [0.25, 0.3) is 11.1 Å². The van der Waals surface area contributed by atoms with Crippen molar-refractivity contribution in [2.24, 2.45) is 0 Å². The summed E-state index contributed by atoms with van der Waals surface area (Å²) in [5.41, 5.74) is 0.317. The molecule has 8 nitrogen and oxygen atoms in total. The smallest absolute Gasteiger partial charge is 0.267 e. The average Bonchev–Trinajstić information content (AvgIpc) is 2.80. The van der Waals surface area contributed by atoms with Crippen LogP contribution in [-0.2, 0) is 16.1 Å². The molecule has 0 atom stereocenters. The molecule has 0 aliphatic carbocycles. The number of aryl methyl sites for hydroxylation is 1. The molecule has 0 spiro atoms. The third kappa shape index (κ3) is 3.02. The second-order valence-electron chi connectivity index (χ2n) is 4.32. The Kier molecular flexibility index (Phi) is 4.46. The predicted molar refractivity (Wildman–Crippen MR) is 70.3 cm³/mol. The molecule has 0 saturated carbocycles. The zero-order valence-electron chi connectivity index (χ0n) is 11.4. The van der Waals surface area contributed by atoms with Crippen LogP contribution >= 0.6 is 0 Å². The lowest BCUT2D eigenvalue weighted by molar-refractivity contribution is -0.121. The van der Waals surface area contributed by atoms with Crippen LogP contribution in [0.5, 0.6) is 0 Å². The molecule has 0 unspecified atom stereocenters. The molecule has 1 amide bonds. The van der Waals surface area contributed by atoms with E-state index in [1.54, 1.807) is 14.0 Å². The van der Waals surface area contributed by atoms with Crippen molar-refractivity contribution in [3.05, 3.63) is 22.4 Å². The summed E-state index contributed by atoms with van der Waals surface area (Å²) >= 11 is 0. The third-order valence-corrected chi connectivity index (χ3v) is 2.80. The number of hydrogen-bond acceptors (Lipinski definition) is 6. The van der Waals surface area contributed by atoms with E-state index in [1.165, 1.54) is 10.9 Å². The van der Waals surface area contributed by atoms with Crippen LogP contribution in [0.3, 0.4) is 0 Å². The van der Waals surface area contributed by atoms with Crippen LogP contribution < -0.4 is 10.9 Å². The highest BCUT2D eigenvalue weighted by molar-refractivity contribution is 5.77. The quantitative estimate of drug-likeness (QED) is 0.738. The minimum atomic E-state index is -0.333. The molecule has 2 heterocycles. The van der Waals surface area contributed by atoms with Gasteiger partial charge in [-0.1, -0.05) is 5.16 Å². The normalized spacial score (nSPS) is 10.9. The summed E-state index contributed by atoms with van der Waals surface area (Å²) in [6.45, 7) is 2.65. The number of aromatic nitrogens is 3. The fourth-order valence-electron chi connectivity index (χ4n) is 1.78. The molecule has 0 aliphatic heterocycles. The van der Waals surface area contributed by atoms with Gasteiger partial charge < -0.3 is 14.6 Å². The Labute approximate surface area is 114 Å². The van der Waals surface area contributed by atoms with E-state index in [9.17, 15) is 9.59 Å². The summed E-state index contributed by atoms with van der Waals surface area (Å²) in [5, 5.41) is 6.69. The second kappa shape index (κ2) is 6.29. The van der Waals surface area contributed by atoms with Crippen LogP contribution in [0.15, 0.2) is 15.6 Å². The van der Waals surface area contributed by atoms with Crippen LogP contribution in [0, 0.1) is 6.92 Å². The number of carbonyl (C=O) groups excluding carboxylic acids is 1. The summed E-state index contributed by atoms with van der Waals surface area (Å²) in [4.78, 5) is 27.8. The Balaban J connectivity index is 2.06. The largest absolute Gasteiger partial charge is 0.385 e. The molecule has 0 aliphatic rings. The van der Waals surface area contributed by atoms with Gasteiger partial charge in [0.15, 0.2) is 0 Å². The zero-order valence-corrected chi connectivity index (χ0v) is 11.4. The SMILES string of the molecule is COCCCNC(=O)Cn1cnc2onc(C)c2c1=O. The number of nitrogens with one attached hydrogen (secondary N) is 1. The maximum absolute atomic E-state index is 12.1. The van der Waals surface area contributed by atoms with E-state index in [0.717, 1.165) is 6.42 Å². The summed E-state index contributed by atoms with van der Waals surface area (Å²) in [6, 6.07) is 0. The first-order chi connectivity index (χ1) is 9.63. The van der Waals surface area contributed by atoms with Gasteiger partial charge in [-0.05, 0) is 13.3 Å². The van der Waals surface area contributed by atoms with Gasteiger partial charge in [-0.3, -0.25) is 14.2 Å². The van der Waals surface area contributed by atoms with Gasteiger partial charge in [-0.15, -0.1) is 0 Å². The van der Waals surface area contributed by atoms with Gasteiger partial charge in [0.05, 0.1) is 5.69 Å². The van der Waals surface area contributed by atoms with Gasteiger partial charge in [0.2, 0.25) is 5.91 Å². The summed E-state index contributed by atoms with van der Waals surface area (Å²) in [6.07, 6.45) is 2.00. The van der Waals surface area contributed by atoms with Crippen molar-refractivity contribution in [3.8, 4) is 0 Å². The highest BCUT2D eigenvalue weighted by Crippen LogP contribution is 2.09. The number of methoxy groups -OCH3 is 1. The van der Waals surface area contributed by atoms with E-state index in [1.807, 2.05) is 0 Å². The average molecular weight is 280 g/mol. The maximum atomic E-state index is 12.1. The van der Waals surface area contributed by atoms with E-state index in [0.29, 0.717) is 24.2 Å². The number of hydrogen-bond donors (Lipinski definition) is 1. The summed E-state index contributed by atoms with van der Waals surface area (Å²) in [7, 11) is 1.60. The van der Waals surface area contributed by atoms with Crippen molar-refractivity contribution < 1.29 is 14.1 Å². The van der Waals surface area contributed by atoms with Gasteiger partial charge in [0.25, 0.3) is 11.3 Å². The summed E-state index contributed by atoms with van der Waals surface area (Å²) in [5.74, 6) is -0.251. The third-order valence-electron chi connectivity index (χ3n) is 2.80. The van der Waals surface area contributed by atoms with Gasteiger partial charge in [-0.2, -0.15) is 0 Å². The Morgan fingerprint density at radius 2 is 2.35 bits per heavy atom. The Bertz CT molecular complexity index is 661. The number of carbonyl (C=O) groups is 1. The fraction of sp³-hybridized carbons (Fsp3) is 0.500. The molecule has 108 valence electrons. The van der Waals surface area contributed by atoms with Crippen molar-refractivity contribution in [1.29, 1.82) is 0 Å². The fourth-order valence-corrected chi connectivity index (χ4v) is 1.78. The molecular weight excluding hydrogens is 264 g/mol. The van der Waals surface area contributed by atoms with Crippen LogP contribution in [0.1, 0.15) is 12.1 Å². The number of ether oxygens (including phenoxy) is 1. The van der Waals surface area contributed by atoms with Crippen molar-refractivity contribution in [1.82, 2.24) is 20.0 Å². The molecule has 0 fully saturated rings. The van der Waals surface area contributed by atoms with Gasteiger partial charge >= 0.3 is 0 Å². The minimum absolute atomic E-state index is 0.0840. The lowest BCUT2D eigenvalue weighted by atomic mass is 10.3. The Morgan fingerprint density at radius 3 is 3.10 bits per heavy atom. The maximum Gasteiger partial charge on any atom is 0.267 e. The number of fused-ring (bicyclic) bond motifs is 1. The lowest BCUT2D eigenvalue weighted by Gasteiger charge is -2.06. The predicted octanol–water partition coefficient (Wildman–Crippen LogP) is -0.154. The molecule has 2 aromatic heterocycles. The number of nitrogens with zero attached hydrogens (tertiary/aromatic N) is 3. The first-order valence-corrected chi connectivity index (χ1v) is 6.20. The molecule has 2 aromatic rings. The molecular formula is C12H16N4O4. The first kappa shape index (κ1) is 14.2. The molecule has 8 heteroatoms. The lowest BCUT2D eigenvalue weighted by Crippen LogP contribution is -2.33. The van der Waals surface area contributed by atoms with E-state index in [4.69, 9.17) is 9.26 Å². The van der Waals surface area contributed by atoms with Crippen LogP contribution in [0.4, 0.5) is 0 Å².